The quantitative estimate of drug-likeness (QED) is 0.164. The van der Waals surface area contributed by atoms with Gasteiger partial charge in [-0.25, -0.2) is 0 Å². The molecule has 0 atom stereocenters. The van der Waals surface area contributed by atoms with E-state index in [4.69, 9.17) is 5.26 Å². The minimum absolute atomic E-state index is 0.715. The Labute approximate surface area is 212 Å². The fourth-order valence-electron chi connectivity index (χ4n) is 3.54. The number of hydrogen-bond acceptors (Lipinski definition) is 3. The molecule has 150 valence electrons. The summed E-state index contributed by atoms with van der Waals surface area (Å²) >= 11 is 14.1. The lowest BCUT2D eigenvalue weighted by Crippen LogP contribution is -1.72. The molecule has 1 nitrogen and oxygen atoms in total. The molecule has 6 heteroatoms. The molecule has 0 bridgehead atoms. The lowest BCUT2D eigenvalue weighted by atomic mass is 10.1. The minimum atomic E-state index is 0.715. The van der Waals surface area contributed by atoms with Crippen LogP contribution in [0.1, 0.15) is 5.56 Å². The van der Waals surface area contributed by atoms with E-state index in [1.807, 2.05) is 35.6 Å². The number of thiophene rings is 2. The highest BCUT2D eigenvalue weighted by molar-refractivity contribution is 9.11. The second-order valence-electron chi connectivity index (χ2n) is 6.95. The van der Waals surface area contributed by atoms with Crippen LogP contribution in [0.3, 0.4) is 0 Å². The van der Waals surface area contributed by atoms with Crippen molar-refractivity contribution in [3.63, 3.8) is 0 Å². The molecule has 6 aromatic rings. The Hall–Kier alpha value is -1.75. The summed E-state index contributed by atoms with van der Waals surface area (Å²) in [6.07, 6.45) is 0. The van der Waals surface area contributed by atoms with Gasteiger partial charge in [-0.15, -0.1) is 22.7 Å². The normalized spacial score (nSPS) is 11.0. The zero-order valence-electron chi connectivity index (χ0n) is 15.8. The molecule has 0 aliphatic carbocycles. The maximum Gasteiger partial charge on any atom is 0.0991 e. The third-order valence-electron chi connectivity index (χ3n) is 4.95. The van der Waals surface area contributed by atoms with Gasteiger partial charge in [0.25, 0.3) is 0 Å². The van der Waals surface area contributed by atoms with Gasteiger partial charge in [0.2, 0.25) is 0 Å². The molecule has 0 fully saturated rings. The summed E-state index contributed by atoms with van der Waals surface area (Å²) in [5.74, 6) is 0. The van der Waals surface area contributed by atoms with Crippen molar-refractivity contribution in [3.05, 3.63) is 91.8 Å². The number of benzene rings is 4. The Balaban J connectivity index is 0.000000132. The third-order valence-corrected chi connectivity index (χ3v) is 8.74. The van der Waals surface area contributed by atoms with Crippen LogP contribution in [0.5, 0.6) is 0 Å². The van der Waals surface area contributed by atoms with E-state index in [9.17, 15) is 0 Å². The molecule has 0 unspecified atom stereocenters. The molecule has 2 heterocycles. The Morgan fingerprint density at radius 2 is 0.871 bits per heavy atom. The highest BCUT2D eigenvalue weighted by atomic mass is 79.9. The summed E-state index contributed by atoms with van der Waals surface area (Å²) in [4.78, 5) is 0. The molecule has 0 amide bonds. The lowest BCUT2D eigenvalue weighted by Gasteiger charge is -1.93. The van der Waals surface area contributed by atoms with Gasteiger partial charge in [-0.3, -0.25) is 0 Å². The molecule has 0 spiro atoms. The number of nitriles is 1. The van der Waals surface area contributed by atoms with E-state index in [2.05, 4.69) is 102 Å². The number of rotatable bonds is 0. The van der Waals surface area contributed by atoms with Gasteiger partial charge in [0.15, 0.2) is 0 Å². The van der Waals surface area contributed by atoms with Crippen molar-refractivity contribution in [1.82, 2.24) is 0 Å². The average Bonchev–Trinajstić information content (AvgIpc) is 3.31. The molecule has 0 radical (unpaired) electrons. The molecule has 6 rings (SSSR count). The summed E-state index contributed by atoms with van der Waals surface area (Å²) in [7, 11) is 0. The molecule has 0 N–H and O–H groups in total. The zero-order chi connectivity index (χ0) is 21.5. The first-order valence-electron chi connectivity index (χ1n) is 9.31. The van der Waals surface area contributed by atoms with E-state index in [1.165, 1.54) is 40.3 Å². The predicted molar refractivity (Wildman–Crippen MR) is 146 cm³/mol. The van der Waals surface area contributed by atoms with Crippen molar-refractivity contribution in [2.75, 3.05) is 0 Å². The van der Waals surface area contributed by atoms with Gasteiger partial charge in [0.1, 0.15) is 0 Å². The molecule has 0 aliphatic rings. The zero-order valence-corrected chi connectivity index (χ0v) is 22.2. The number of fused-ring (bicyclic) bond motifs is 6. The van der Waals surface area contributed by atoms with E-state index >= 15 is 0 Å². The summed E-state index contributed by atoms with van der Waals surface area (Å²) in [6, 6.07) is 27.2. The molecule has 0 aliphatic heterocycles. The molecular weight excluding hydrogens is 618 g/mol. The summed E-state index contributed by atoms with van der Waals surface area (Å²) < 4.78 is 8.50. The molecular formula is C25H12Br3NS2. The second kappa shape index (κ2) is 8.65. The first kappa shape index (κ1) is 21.1. The van der Waals surface area contributed by atoms with Gasteiger partial charge in [-0.1, -0.05) is 47.8 Å². The monoisotopic (exact) mass is 627 g/mol. The summed E-state index contributed by atoms with van der Waals surface area (Å²) in [6.45, 7) is 0. The van der Waals surface area contributed by atoms with Crippen molar-refractivity contribution < 1.29 is 0 Å². The van der Waals surface area contributed by atoms with E-state index < -0.39 is 0 Å². The first-order chi connectivity index (χ1) is 15.0. The maximum absolute atomic E-state index is 8.91. The van der Waals surface area contributed by atoms with Crippen LogP contribution in [0.4, 0.5) is 0 Å². The largest absolute Gasteiger partial charge is 0.192 e. The smallest absolute Gasteiger partial charge is 0.0991 e. The fraction of sp³-hybridized carbons (Fsp3) is 0. The van der Waals surface area contributed by atoms with Gasteiger partial charge in [0.05, 0.1) is 11.6 Å². The van der Waals surface area contributed by atoms with Crippen LogP contribution in [-0.4, -0.2) is 0 Å². The van der Waals surface area contributed by atoms with Gasteiger partial charge in [-0.05, 0) is 72.8 Å². The molecule has 2 aromatic heterocycles. The van der Waals surface area contributed by atoms with Crippen molar-refractivity contribution in [3.8, 4) is 6.07 Å². The Kier molecular flexibility index (Phi) is 5.89. The fourth-order valence-corrected chi connectivity index (χ4v) is 6.76. The van der Waals surface area contributed by atoms with Crippen molar-refractivity contribution in [2.45, 2.75) is 0 Å². The molecule has 4 aromatic carbocycles. The summed E-state index contributed by atoms with van der Waals surface area (Å²) in [5.41, 5.74) is 0.715. The average molecular weight is 630 g/mol. The highest BCUT2D eigenvalue weighted by Crippen LogP contribution is 2.37. The van der Waals surface area contributed by atoms with E-state index in [1.54, 1.807) is 11.3 Å². The Bertz CT molecular complexity index is 1580. The Morgan fingerprint density at radius 3 is 1.26 bits per heavy atom. The highest BCUT2D eigenvalue weighted by Gasteiger charge is 2.06. The maximum atomic E-state index is 8.91. The van der Waals surface area contributed by atoms with E-state index in [0.29, 0.717) is 5.56 Å². The number of nitrogens with zero attached hydrogens (tertiary/aromatic N) is 1. The van der Waals surface area contributed by atoms with Crippen LogP contribution in [0, 0.1) is 11.3 Å². The lowest BCUT2D eigenvalue weighted by molar-refractivity contribution is 1.50. The topological polar surface area (TPSA) is 23.8 Å². The first-order valence-corrected chi connectivity index (χ1v) is 13.3. The van der Waals surface area contributed by atoms with E-state index in [-0.39, 0.29) is 0 Å². The van der Waals surface area contributed by atoms with Crippen LogP contribution < -0.4 is 0 Å². The number of hydrogen-bond donors (Lipinski definition) is 0. The van der Waals surface area contributed by atoms with Crippen molar-refractivity contribution >= 4 is 111 Å². The van der Waals surface area contributed by atoms with Gasteiger partial charge < -0.3 is 0 Å². The summed E-state index contributed by atoms with van der Waals surface area (Å²) in [5, 5.41) is 13.9. The van der Waals surface area contributed by atoms with Gasteiger partial charge in [-0.2, -0.15) is 5.26 Å². The van der Waals surface area contributed by atoms with Crippen molar-refractivity contribution in [2.24, 2.45) is 0 Å². The van der Waals surface area contributed by atoms with Crippen LogP contribution in [-0.2, 0) is 0 Å². The molecule has 0 saturated carbocycles. The molecule has 31 heavy (non-hydrogen) atoms. The SMILES string of the molecule is Brc1ccc2sc3ccc(Br)cc3c2c1.N#Cc1ccc2sc3ccc(Br)cc3c2c1. The van der Waals surface area contributed by atoms with E-state index in [0.717, 1.165) is 13.4 Å². The predicted octanol–water partition coefficient (Wildman–Crippen LogP) is 10.3. The van der Waals surface area contributed by atoms with Crippen LogP contribution in [0.15, 0.2) is 86.2 Å². The Morgan fingerprint density at radius 1 is 0.516 bits per heavy atom. The van der Waals surface area contributed by atoms with Crippen LogP contribution >= 0.6 is 70.5 Å². The van der Waals surface area contributed by atoms with Gasteiger partial charge >= 0.3 is 0 Å². The second-order valence-corrected chi connectivity index (χ2v) is 11.9. The minimum Gasteiger partial charge on any atom is -0.192 e. The standard InChI is InChI=1S/C13H6BrNS.C12H6Br2S/c14-9-2-4-13-11(6-9)10-5-8(7-15)1-3-12(10)16-13;13-7-1-3-11-9(5-7)10-6-8(14)2-4-12(10)15-11/h1-6H;1-6H. The number of halogens is 3. The van der Waals surface area contributed by atoms with Gasteiger partial charge in [0, 0.05) is 53.8 Å². The van der Waals surface area contributed by atoms with Crippen LogP contribution in [0.2, 0.25) is 0 Å². The molecule has 0 saturated heterocycles. The van der Waals surface area contributed by atoms with Crippen molar-refractivity contribution in [1.29, 1.82) is 5.26 Å². The third kappa shape index (κ3) is 4.18. The van der Waals surface area contributed by atoms with Crippen LogP contribution in [0.25, 0.3) is 40.3 Å².